The van der Waals surface area contributed by atoms with Gasteiger partial charge in [0, 0.05) is 54.1 Å². The van der Waals surface area contributed by atoms with Gasteiger partial charge in [0.25, 0.3) is 0 Å². The van der Waals surface area contributed by atoms with E-state index in [0.717, 1.165) is 43.3 Å². The SMILES string of the molecule is CC1CCC(N(C(=O)C(C)C)[C@H]2C[C@@H](C)N(C(=O)[C@@H]3CN(C(C)(C)C)C[C@H]3c3ccc(Cl)cc3)C2)CC1. The van der Waals surface area contributed by atoms with E-state index < -0.39 is 0 Å². The summed E-state index contributed by atoms with van der Waals surface area (Å²) < 4.78 is 0. The standard InChI is InChI=1S/C31H48ClN3O2/c1-20(2)29(36)35(25-14-8-21(3)9-15-25)26-16-22(4)34(17-26)30(37)28-19-33(31(5,6)7)18-27(28)23-10-12-24(32)13-11-23/h10-13,20-22,25-28H,8-9,14-19H2,1-7H3/t21?,22-,25?,26+,27+,28-/m1/s1. The highest BCUT2D eigenvalue weighted by Gasteiger charge is 2.47. The van der Waals surface area contributed by atoms with Gasteiger partial charge in [0.15, 0.2) is 0 Å². The summed E-state index contributed by atoms with van der Waals surface area (Å²) in [5, 5.41) is 0.723. The van der Waals surface area contributed by atoms with E-state index in [1.165, 1.54) is 18.4 Å². The number of amides is 2. The molecule has 4 rings (SSSR count). The molecule has 0 bridgehead atoms. The van der Waals surface area contributed by atoms with Crippen LogP contribution in [-0.4, -0.2) is 69.8 Å². The lowest BCUT2D eigenvalue weighted by atomic mass is 9.85. The van der Waals surface area contributed by atoms with E-state index in [0.29, 0.717) is 12.6 Å². The predicted octanol–water partition coefficient (Wildman–Crippen LogP) is 6.21. The normalized spacial score (nSPS) is 31.2. The number of hydrogen-bond donors (Lipinski definition) is 0. The van der Waals surface area contributed by atoms with Crippen LogP contribution in [0.1, 0.15) is 92.1 Å². The van der Waals surface area contributed by atoms with Crippen LogP contribution in [0.5, 0.6) is 0 Å². The molecule has 2 aliphatic heterocycles. The summed E-state index contributed by atoms with van der Waals surface area (Å²) in [5.74, 6) is 1.27. The molecule has 1 aromatic rings. The first-order valence-electron chi connectivity index (χ1n) is 14.5. The molecule has 6 heteroatoms. The van der Waals surface area contributed by atoms with E-state index >= 15 is 0 Å². The highest BCUT2D eigenvalue weighted by Crippen LogP contribution is 2.40. The average Bonchev–Trinajstić information content (AvgIpc) is 3.45. The smallest absolute Gasteiger partial charge is 0.227 e. The van der Waals surface area contributed by atoms with E-state index in [4.69, 9.17) is 11.6 Å². The molecule has 0 aromatic heterocycles. The van der Waals surface area contributed by atoms with Gasteiger partial charge in [-0.2, -0.15) is 0 Å². The van der Waals surface area contributed by atoms with E-state index in [1.807, 2.05) is 26.0 Å². The van der Waals surface area contributed by atoms with E-state index in [-0.39, 0.29) is 47.2 Å². The highest BCUT2D eigenvalue weighted by atomic mass is 35.5. The minimum Gasteiger partial charge on any atom is -0.338 e. The van der Waals surface area contributed by atoms with Gasteiger partial charge in [0.1, 0.15) is 0 Å². The van der Waals surface area contributed by atoms with Crippen molar-refractivity contribution in [3.63, 3.8) is 0 Å². The maximum Gasteiger partial charge on any atom is 0.227 e. The Labute approximate surface area is 229 Å². The van der Waals surface area contributed by atoms with E-state index in [2.05, 4.69) is 61.5 Å². The Morgan fingerprint density at radius 2 is 1.57 bits per heavy atom. The molecule has 2 saturated heterocycles. The van der Waals surface area contributed by atoms with Crippen molar-refractivity contribution in [2.24, 2.45) is 17.8 Å². The fraction of sp³-hybridized carbons (Fsp3) is 0.742. The molecule has 1 saturated carbocycles. The Kier molecular flexibility index (Phi) is 8.65. The van der Waals surface area contributed by atoms with Gasteiger partial charge in [0.2, 0.25) is 11.8 Å². The Hall–Kier alpha value is -1.59. The molecule has 0 radical (unpaired) electrons. The second-order valence-electron chi connectivity index (χ2n) is 13.4. The Balaban J connectivity index is 1.56. The van der Waals surface area contributed by atoms with Crippen LogP contribution in [0.25, 0.3) is 0 Å². The molecule has 2 amide bonds. The summed E-state index contributed by atoms with van der Waals surface area (Å²) in [7, 11) is 0. The lowest BCUT2D eigenvalue weighted by molar-refractivity contribution is -0.142. The van der Waals surface area contributed by atoms with Crippen LogP contribution in [0.3, 0.4) is 0 Å². The molecule has 1 aromatic carbocycles. The Morgan fingerprint density at radius 1 is 0.946 bits per heavy atom. The van der Waals surface area contributed by atoms with Gasteiger partial charge in [-0.3, -0.25) is 14.5 Å². The molecule has 4 atom stereocenters. The van der Waals surface area contributed by atoms with Crippen LogP contribution in [0.2, 0.25) is 5.02 Å². The Morgan fingerprint density at radius 3 is 2.14 bits per heavy atom. The second-order valence-corrected chi connectivity index (χ2v) is 13.8. The van der Waals surface area contributed by atoms with Gasteiger partial charge in [-0.1, -0.05) is 44.5 Å². The van der Waals surface area contributed by atoms with Gasteiger partial charge in [-0.15, -0.1) is 0 Å². The zero-order valence-corrected chi connectivity index (χ0v) is 24.8. The molecule has 0 unspecified atom stereocenters. The first kappa shape index (κ1) is 28.4. The number of nitrogens with zero attached hydrogens (tertiary/aromatic N) is 3. The quantitative estimate of drug-likeness (QED) is 0.455. The lowest BCUT2D eigenvalue weighted by Crippen LogP contribution is -2.51. The molecule has 5 nitrogen and oxygen atoms in total. The summed E-state index contributed by atoms with van der Waals surface area (Å²) in [5.41, 5.74) is 1.18. The van der Waals surface area contributed by atoms with Crippen LogP contribution in [0, 0.1) is 17.8 Å². The maximum atomic E-state index is 14.2. The van der Waals surface area contributed by atoms with Crippen molar-refractivity contribution in [1.82, 2.24) is 14.7 Å². The molecule has 1 aliphatic carbocycles. The third kappa shape index (κ3) is 6.19. The fourth-order valence-electron chi connectivity index (χ4n) is 6.85. The van der Waals surface area contributed by atoms with Crippen LogP contribution >= 0.6 is 11.6 Å². The number of likely N-dealkylation sites (tertiary alicyclic amines) is 2. The number of rotatable bonds is 5. The van der Waals surface area contributed by atoms with Gasteiger partial charge in [-0.25, -0.2) is 0 Å². The minimum absolute atomic E-state index is 0.00251. The maximum absolute atomic E-state index is 14.2. The van der Waals surface area contributed by atoms with Crippen molar-refractivity contribution in [3.8, 4) is 0 Å². The number of halogens is 1. The molecule has 37 heavy (non-hydrogen) atoms. The molecule has 3 fully saturated rings. The van der Waals surface area contributed by atoms with Crippen molar-refractivity contribution in [3.05, 3.63) is 34.9 Å². The van der Waals surface area contributed by atoms with Gasteiger partial charge in [0.05, 0.1) is 12.0 Å². The summed E-state index contributed by atoms with van der Waals surface area (Å²) in [6.07, 6.45) is 5.41. The van der Waals surface area contributed by atoms with E-state index in [9.17, 15) is 9.59 Å². The minimum atomic E-state index is -0.0913. The number of carbonyl (C=O) groups is 2. The fourth-order valence-corrected chi connectivity index (χ4v) is 6.98. The molecular formula is C31H48ClN3O2. The zero-order valence-electron chi connectivity index (χ0n) is 24.0. The molecule has 206 valence electrons. The Bertz CT molecular complexity index is 948. The van der Waals surface area contributed by atoms with Gasteiger partial charge >= 0.3 is 0 Å². The van der Waals surface area contributed by atoms with Crippen molar-refractivity contribution in [2.45, 2.75) is 110 Å². The third-order valence-electron chi connectivity index (χ3n) is 9.24. The first-order chi connectivity index (χ1) is 17.4. The summed E-state index contributed by atoms with van der Waals surface area (Å²) >= 11 is 6.19. The van der Waals surface area contributed by atoms with Crippen molar-refractivity contribution < 1.29 is 9.59 Å². The number of hydrogen-bond acceptors (Lipinski definition) is 3. The van der Waals surface area contributed by atoms with Gasteiger partial charge < -0.3 is 9.80 Å². The zero-order chi connectivity index (χ0) is 27.1. The second kappa shape index (κ2) is 11.3. The monoisotopic (exact) mass is 529 g/mol. The summed E-state index contributed by atoms with van der Waals surface area (Å²) in [6.45, 7) is 17.5. The molecule has 3 aliphatic rings. The van der Waals surface area contributed by atoms with E-state index in [1.54, 1.807) is 0 Å². The topological polar surface area (TPSA) is 43.9 Å². The molecule has 0 spiro atoms. The number of benzene rings is 1. The van der Waals surface area contributed by atoms with Crippen LogP contribution < -0.4 is 0 Å². The van der Waals surface area contributed by atoms with Crippen molar-refractivity contribution >= 4 is 23.4 Å². The summed E-state index contributed by atoms with van der Waals surface area (Å²) in [4.78, 5) is 34.5. The predicted molar refractivity (Wildman–Crippen MR) is 152 cm³/mol. The first-order valence-corrected chi connectivity index (χ1v) is 14.9. The molecule has 2 heterocycles. The van der Waals surface area contributed by atoms with Crippen molar-refractivity contribution in [2.75, 3.05) is 19.6 Å². The van der Waals surface area contributed by atoms with Crippen LogP contribution in [0.15, 0.2) is 24.3 Å². The lowest BCUT2D eigenvalue weighted by Gasteiger charge is -2.41. The van der Waals surface area contributed by atoms with Gasteiger partial charge in [-0.05, 0) is 83.4 Å². The largest absolute Gasteiger partial charge is 0.338 e. The average molecular weight is 530 g/mol. The third-order valence-corrected chi connectivity index (χ3v) is 9.49. The van der Waals surface area contributed by atoms with Crippen molar-refractivity contribution in [1.29, 1.82) is 0 Å². The van der Waals surface area contributed by atoms with Crippen LogP contribution in [0.4, 0.5) is 0 Å². The molecular weight excluding hydrogens is 482 g/mol. The number of carbonyl (C=O) groups excluding carboxylic acids is 2. The molecule has 0 N–H and O–H groups in total. The summed E-state index contributed by atoms with van der Waals surface area (Å²) in [6, 6.07) is 8.60. The van der Waals surface area contributed by atoms with Crippen LogP contribution in [-0.2, 0) is 9.59 Å². The highest BCUT2D eigenvalue weighted by molar-refractivity contribution is 6.30.